The van der Waals surface area contributed by atoms with Crippen LogP contribution in [0.2, 0.25) is 0 Å². The highest BCUT2D eigenvalue weighted by Crippen LogP contribution is 2.36. The van der Waals surface area contributed by atoms with Gasteiger partial charge in [-0.2, -0.15) is 0 Å². The number of nitrogens with zero attached hydrogens (tertiary/aromatic N) is 4. The van der Waals surface area contributed by atoms with Crippen LogP contribution in [0, 0.1) is 6.92 Å². The second-order valence-electron chi connectivity index (χ2n) is 12.6. The zero-order valence-corrected chi connectivity index (χ0v) is 27.9. The smallest absolute Gasteiger partial charge is 0.128 e. The molecule has 1 saturated heterocycles. The molecule has 0 atom stereocenters. The van der Waals surface area contributed by atoms with Gasteiger partial charge >= 0.3 is 0 Å². The van der Waals surface area contributed by atoms with Crippen molar-refractivity contribution in [3.8, 4) is 11.1 Å². The molecule has 0 aliphatic carbocycles. The molecule has 6 heteroatoms. The molecule has 5 rings (SSSR count). The van der Waals surface area contributed by atoms with Gasteiger partial charge in [-0.25, -0.2) is 4.98 Å². The molecule has 232 valence electrons. The molecule has 0 radical (unpaired) electrons. The molecule has 0 unspecified atom stereocenters. The minimum absolute atomic E-state index is 0.385. The van der Waals surface area contributed by atoms with Gasteiger partial charge in [-0.1, -0.05) is 32.9 Å². The molecule has 1 aromatic carbocycles. The van der Waals surface area contributed by atoms with Gasteiger partial charge in [0.1, 0.15) is 5.82 Å². The summed E-state index contributed by atoms with van der Waals surface area (Å²) in [6, 6.07) is 10.2. The lowest BCUT2D eigenvalue weighted by Gasteiger charge is -2.37. The molecular formula is C37H54N6. The maximum absolute atomic E-state index is 4.95. The van der Waals surface area contributed by atoms with Gasteiger partial charge in [-0.15, -0.1) is 0 Å². The van der Waals surface area contributed by atoms with Crippen LogP contribution in [0.15, 0.2) is 71.9 Å². The first-order chi connectivity index (χ1) is 20.6. The molecule has 0 bridgehead atoms. The molecule has 0 saturated carbocycles. The van der Waals surface area contributed by atoms with E-state index in [1.807, 2.05) is 6.92 Å². The van der Waals surface area contributed by atoms with Crippen LogP contribution < -0.4 is 16.0 Å². The summed E-state index contributed by atoms with van der Waals surface area (Å²) in [5, 5.41) is 4.87. The highest BCUT2D eigenvalue weighted by molar-refractivity contribution is 5.92. The number of dihydropyridines is 1. The fraction of sp³-hybridized carbons (Fsp3) is 0.486. The van der Waals surface area contributed by atoms with Crippen LogP contribution in [-0.4, -0.2) is 53.2 Å². The second kappa shape index (κ2) is 14.4. The average Bonchev–Trinajstić information content (AvgIpc) is 3.32. The third kappa shape index (κ3) is 7.42. The van der Waals surface area contributed by atoms with E-state index in [-0.39, 0.29) is 0 Å². The Morgan fingerprint density at radius 2 is 1.67 bits per heavy atom. The van der Waals surface area contributed by atoms with E-state index < -0.39 is 0 Å². The molecule has 3 N–H and O–H groups in total. The van der Waals surface area contributed by atoms with Crippen molar-refractivity contribution in [1.29, 1.82) is 0 Å². The second-order valence-corrected chi connectivity index (χ2v) is 12.6. The lowest BCUT2D eigenvalue weighted by molar-refractivity contribution is 0.209. The molecular weight excluding hydrogens is 528 g/mol. The number of nitrogens with two attached hydrogens (primary N) is 1. The lowest BCUT2D eigenvalue weighted by Crippen LogP contribution is -2.49. The quantitative estimate of drug-likeness (QED) is 0.284. The number of nitrogens with one attached hydrogen (secondary N) is 1. The Morgan fingerprint density at radius 3 is 2.26 bits per heavy atom. The topological polar surface area (TPSA) is 62.3 Å². The summed E-state index contributed by atoms with van der Waals surface area (Å²) >= 11 is 0. The van der Waals surface area contributed by atoms with E-state index in [0.717, 1.165) is 63.5 Å². The van der Waals surface area contributed by atoms with E-state index in [0.29, 0.717) is 12.1 Å². The lowest BCUT2D eigenvalue weighted by atomic mass is 9.89. The highest BCUT2D eigenvalue weighted by atomic mass is 15.3. The van der Waals surface area contributed by atoms with Gasteiger partial charge in [-0.3, -0.25) is 4.90 Å². The van der Waals surface area contributed by atoms with E-state index in [2.05, 4.69) is 117 Å². The van der Waals surface area contributed by atoms with Gasteiger partial charge < -0.3 is 20.5 Å². The largest absolute Gasteiger partial charge is 0.359 e. The van der Waals surface area contributed by atoms with Gasteiger partial charge in [0.25, 0.3) is 0 Å². The van der Waals surface area contributed by atoms with Crippen LogP contribution in [-0.2, 0) is 6.42 Å². The summed E-state index contributed by atoms with van der Waals surface area (Å²) < 4.78 is 2.42. The van der Waals surface area contributed by atoms with Gasteiger partial charge in [-0.05, 0) is 107 Å². The minimum atomic E-state index is 0.385. The average molecular weight is 583 g/mol. The maximum atomic E-state index is 4.95. The van der Waals surface area contributed by atoms with E-state index in [1.54, 1.807) is 0 Å². The van der Waals surface area contributed by atoms with Gasteiger partial charge in [0.05, 0.1) is 0 Å². The van der Waals surface area contributed by atoms with Crippen LogP contribution in [0.1, 0.15) is 78.5 Å². The minimum Gasteiger partial charge on any atom is -0.359 e. The third-order valence-electron chi connectivity index (χ3n) is 8.59. The summed E-state index contributed by atoms with van der Waals surface area (Å²) in [6.07, 6.45) is 9.76. The number of hydrogen-bond donors (Lipinski definition) is 2. The molecule has 3 aromatic rings. The van der Waals surface area contributed by atoms with Crippen molar-refractivity contribution in [1.82, 2.24) is 19.8 Å². The molecule has 0 amide bonds. The van der Waals surface area contributed by atoms with Crippen molar-refractivity contribution < 1.29 is 0 Å². The number of anilines is 1. The zero-order valence-electron chi connectivity index (χ0n) is 27.9. The zero-order chi connectivity index (χ0) is 31.3. The number of benzene rings is 1. The van der Waals surface area contributed by atoms with Crippen molar-refractivity contribution in [3.63, 3.8) is 0 Å². The van der Waals surface area contributed by atoms with Crippen molar-refractivity contribution >= 4 is 16.7 Å². The number of fused-ring (bicyclic) bond motifs is 1. The van der Waals surface area contributed by atoms with Crippen LogP contribution in [0.3, 0.4) is 0 Å². The number of aromatic nitrogens is 2. The summed E-state index contributed by atoms with van der Waals surface area (Å²) in [6.45, 7) is 27.1. The van der Waals surface area contributed by atoms with E-state index in [1.165, 1.54) is 50.0 Å². The maximum Gasteiger partial charge on any atom is 0.128 e. The normalized spacial score (nSPS) is 16.1. The first-order valence-electron chi connectivity index (χ1n) is 16.2. The Bertz CT molecular complexity index is 1460. The molecule has 0 spiro atoms. The van der Waals surface area contributed by atoms with E-state index in [9.17, 15) is 0 Å². The number of rotatable bonds is 8. The molecule has 43 heavy (non-hydrogen) atoms. The number of piperazine rings is 1. The van der Waals surface area contributed by atoms with Gasteiger partial charge in [0.15, 0.2) is 0 Å². The molecule has 2 aliphatic heterocycles. The van der Waals surface area contributed by atoms with Crippen LogP contribution in [0.5, 0.6) is 0 Å². The predicted molar refractivity (Wildman–Crippen MR) is 186 cm³/mol. The monoisotopic (exact) mass is 582 g/mol. The van der Waals surface area contributed by atoms with E-state index in [4.69, 9.17) is 10.7 Å². The number of hydrogen-bond acceptors (Lipinski definition) is 5. The summed E-state index contributed by atoms with van der Waals surface area (Å²) in [4.78, 5) is 9.92. The Hall–Kier alpha value is -3.35. The Labute approximate surface area is 260 Å². The number of pyridine rings is 1. The Kier molecular flexibility index (Phi) is 10.9. The van der Waals surface area contributed by atoms with Crippen molar-refractivity contribution in [2.45, 2.75) is 86.7 Å². The van der Waals surface area contributed by atoms with Crippen molar-refractivity contribution in [2.75, 3.05) is 37.6 Å². The number of allylic oxidation sites excluding steroid dienone is 4. The Balaban J connectivity index is 0.00000135. The third-order valence-corrected chi connectivity index (χ3v) is 8.59. The fourth-order valence-electron chi connectivity index (χ4n) is 6.43. The van der Waals surface area contributed by atoms with Crippen LogP contribution >= 0.6 is 0 Å². The van der Waals surface area contributed by atoms with Crippen molar-refractivity contribution in [2.24, 2.45) is 5.73 Å². The summed E-state index contributed by atoms with van der Waals surface area (Å²) in [5.74, 6) is 1.08. The van der Waals surface area contributed by atoms with E-state index >= 15 is 0 Å². The fourth-order valence-corrected chi connectivity index (χ4v) is 6.43. The summed E-state index contributed by atoms with van der Waals surface area (Å²) in [5.41, 5.74) is 16.2. The van der Waals surface area contributed by atoms with Crippen LogP contribution in [0.25, 0.3) is 22.0 Å². The molecule has 1 fully saturated rings. The first kappa shape index (κ1) is 32.6. The summed E-state index contributed by atoms with van der Waals surface area (Å²) in [7, 11) is 0. The van der Waals surface area contributed by atoms with Crippen LogP contribution in [0.4, 0.5) is 5.82 Å². The first-order valence-corrected chi connectivity index (χ1v) is 16.2. The van der Waals surface area contributed by atoms with Gasteiger partial charge in [0.2, 0.25) is 0 Å². The van der Waals surface area contributed by atoms with Crippen molar-refractivity contribution in [3.05, 3.63) is 83.0 Å². The molecule has 4 heterocycles. The Morgan fingerprint density at radius 1 is 0.977 bits per heavy atom. The van der Waals surface area contributed by atoms with Gasteiger partial charge in [0, 0.05) is 84.9 Å². The predicted octanol–water partition coefficient (Wildman–Crippen LogP) is 7.75. The molecule has 2 aromatic heterocycles. The number of aryl methyl sites for hydroxylation is 1. The molecule has 2 aliphatic rings. The SMILES string of the molecule is C=C1NC(C)=CC(CCC)=C1Cc1cc(-c2ccc(N3CCN(C(C)C)CC3)nc2)cc2c1c(C)cn2C(C)C.CCN. The molecule has 6 nitrogen and oxygen atoms in total. The standard InChI is InChI=1S/C35H47N5.C2H7N/c1-9-10-28-17-26(7)37-27(8)32(28)19-31-18-30(20-33-35(31)25(6)22-40(33)24(4)5)29-11-12-34(36-21-29)39-15-13-38(14-16-39)23(2)3;1-2-3/h11-12,17-18,20-24,37H,8-10,13-16,19H2,1-7H3;2-3H2,1H3. The highest BCUT2D eigenvalue weighted by Gasteiger charge is 2.22.